The molecule has 2 N–H and O–H groups in total. The molecule has 96 valence electrons. The lowest BCUT2D eigenvalue weighted by Crippen LogP contribution is -2.19. The Morgan fingerprint density at radius 3 is 2.65 bits per heavy atom. The zero-order valence-electron chi connectivity index (χ0n) is 9.39. The molecule has 0 bridgehead atoms. The molecule has 1 aromatic rings. The van der Waals surface area contributed by atoms with Crippen molar-refractivity contribution in [2.45, 2.75) is 12.8 Å². The first-order valence-electron chi connectivity index (χ1n) is 5.38. The molecule has 1 unspecified atom stereocenters. The van der Waals surface area contributed by atoms with Gasteiger partial charge in [0, 0.05) is 4.47 Å². The number of halogens is 1. The Morgan fingerprint density at radius 2 is 2.00 bits per heavy atom. The van der Waals surface area contributed by atoms with Gasteiger partial charge in [0.1, 0.15) is 0 Å². The second-order valence-electron chi connectivity index (χ2n) is 3.52. The fourth-order valence-corrected chi connectivity index (χ4v) is 1.86. The predicted octanol–water partition coefficient (Wildman–Crippen LogP) is 2.12. The van der Waals surface area contributed by atoms with Crippen LogP contribution in [-0.4, -0.2) is 28.5 Å². The average Bonchev–Trinajstić information content (AvgIpc) is 2.30. The molecule has 0 heterocycles. The first kappa shape index (κ1) is 14.8. The van der Waals surface area contributed by atoms with Crippen LogP contribution in [0.3, 0.4) is 0 Å². The minimum absolute atomic E-state index is 0.300. The first-order chi connectivity index (χ1) is 8.18. The smallest absolute Gasteiger partial charge is 0.301 e. The molecule has 0 saturated heterocycles. The normalized spacial score (nSPS) is 12.6. The maximum absolute atomic E-state index is 10.2. The van der Waals surface area contributed by atoms with Gasteiger partial charge >= 0.3 is 11.4 Å². The Bertz CT molecular complexity index is 345. The summed E-state index contributed by atoms with van der Waals surface area (Å²) >= 11 is 1.26. The molecule has 0 aliphatic rings. The summed E-state index contributed by atoms with van der Waals surface area (Å²) in [6.07, 6.45) is 1.70. The van der Waals surface area contributed by atoms with Gasteiger partial charge in [-0.25, -0.2) is 0 Å². The fraction of sp³-hybridized carbons (Fsp3) is 0.455. The van der Waals surface area contributed by atoms with Crippen molar-refractivity contribution in [3.05, 3.63) is 34.3 Å². The molecule has 4 nitrogen and oxygen atoms in total. The Balaban J connectivity index is 2.01. The van der Waals surface area contributed by atoms with E-state index in [2.05, 4.69) is 37.6 Å². The van der Waals surface area contributed by atoms with E-state index in [4.69, 9.17) is 4.55 Å². The molecular formula is C11H16BrNO3S. The standard InChI is InChI=1S/C11H16BrNO3S/c12-11-4-2-10(3-5-11)6-8-13-7-1-9-16-17(14)15/h2-5,13H,1,6-9H2,(H,14,15). The van der Waals surface area contributed by atoms with E-state index < -0.39 is 11.4 Å². The average molecular weight is 322 g/mol. The van der Waals surface area contributed by atoms with Gasteiger partial charge in [0.15, 0.2) is 0 Å². The molecule has 1 atom stereocenters. The van der Waals surface area contributed by atoms with Crippen molar-refractivity contribution >= 4 is 27.3 Å². The maximum Gasteiger partial charge on any atom is 0.301 e. The molecule has 0 radical (unpaired) electrons. The topological polar surface area (TPSA) is 58.6 Å². The first-order valence-corrected chi connectivity index (χ1v) is 7.20. The molecule has 0 amide bonds. The summed E-state index contributed by atoms with van der Waals surface area (Å²) in [5.74, 6) is 0. The van der Waals surface area contributed by atoms with Crippen molar-refractivity contribution < 1.29 is 12.9 Å². The molecule has 1 aromatic carbocycles. The summed E-state index contributed by atoms with van der Waals surface area (Å²) in [7, 11) is 0. The predicted molar refractivity (Wildman–Crippen MR) is 72.1 cm³/mol. The number of nitrogens with one attached hydrogen (secondary N) is 1. The Hall–Kier alpha value is -0.270. The third kappa shape index (κ3) is 7.62. The van der Waals surface area contributed by atoms with Gasteiger partial charge in [-0.1, -0.05) is 28.1 Å². The molecule has 0 aromatic heterocycles. The van der Waals surface area contributed by atoms with Crippen molar-refractivity contribution in [3.8, 4) is 0 Å². The van der Waals surface area contributed by atoms with Crippen molar-refractivity contribution in [2.24, 2.45) is 0 Å². The van der Waals surface area contributed by atoms with Gasteiger partial charge in [0.05, 0.1) is 6.61 Å². The molecule has 6 heteroatoms. The van der Waals surface area contributed by atoms with Crippen molar-refractivity contribution in [1.82, 2.24) is 5.32 Å². The highest BCUT2D eigenvalue weighted by Crippen LogP contribution is 2.10. The minimum atomic E-state index is -2.14. The van der Waals surface area contributed by atoms with Crippen LogP contribution in [0.2, 0.25) is 0 Å². The van der Waals surface area contributed by atoms with Gasteiger partial charge < -0.3 is 5.32 Å². The summed E-state index contributed by atoms with van der Waals surface area (Å²) in [5.41, 5.74) is 1.29. The van der Waals surface area contributed by atoms with E-state index in [9.17, 15) is 4.21 Å². The van der Waals surface area contributed by atoms with E-state index in [1.807, 2.05) is 12.1 Å². The Kier molecular flexibility index (Phi) is 7.63. The van der Waals surface area contributed by atoms with E-state index in [0.717, 1.165) is 30.4 Å². The lowest BCUT2D eigenvalue weighted by atomic mass is 10.1. The van der Waals surface area contributed by atoms with Crippen LogP contribution in [0.15, 0.2) is 28.7 Å². The summed E-state index contributed by atoms with van der Waals surface area (Å²) in [4.78, 5) is 0. The maximum atomic E-state index is 10.2. The molecule has 1 rings (SSSR count). The third-order valence-corrected chi connectivity index (χ3v) is 3.08. The molecule has 17 heavy (non-hydrogen) atoms. The van der Waals surface area contributed by atoms with Crippen LogP contribution in [0.5, 0.6) is 0 Å². The quantitative estimate of drug-likeness (QED) is 0.569. The van der Waals surface area contributed by atoms with Crippen LogP contribution >= 0.6 is 15.9 Å². The SMILES string of the molecule is O=S(O)OCCCNCCc1ccc(Br)cc1. The molecular weight excluding hydrogens is 306 g/mol. The van der Waals surface area contributed by atoms with Gasteiger partial charge in [0.2, 0.25) is 0 Å². The van der Waals surface area contributed by atoms with E-state index in [-0.39, 0.29) is 0 Å². The highest BCUT2D eigenvalue weighted by Gasteiger charge is 1.95. The second-order valence-corrected chi connectivity index (χ2v) is 5.10. The van der Waals surface area contributed by atoms with Gasteiger partial charge in [-0.2, -0.15) is 4.21 Å². The summed E-state index contributed by atoms with van der Waals surface area (Å²) in [5, 5.41) is 3.25. The lowest BCUT2D eigenvalue weighted by molar-refractivity contribution is 0.299. The minimum Gasteiger partial charge on any atom is -0.316 e. The van der Waals surface area contributed by atoms with Crippen LogP contribution in [-0.2, 0) is 22.0 Å². The largest absolute Gasteiger partial charge is 0.316 e. The third-order valence-electron chi connectivity index (χ3n) is 2.19. The highest BCUT2D eigenvalue weighted by molar-refractivity contribution is 9.10. The number of hydrogen-bond acceptors (Lipinski definition) is 3. The van der Waals surface area contributed by atoms with Crippen molar-refractivity contribution in [3.63, 3.8) is 0 Å². The van der Waals surface area contributed by atoms with Gasteiger partial charge in [-0.05, 0) is 43.6 Å². The van der Waals surface area contributed by atoms with Crippen LogP contribution in [0.25, 0.3) is 0 Å². The lowest BCUT2D eigenvalue weighted by Gasteiger charge is -2.04. The van der Waals surface area contributed by atoms with Crippen molar-refractivity contribution in [2.75, 3.05) is 19.7 Å². The Labute approximate surface area is 112 Å². The number of hydrogen-bond donors (Lipinski definition) is 2. The fourth-order valence-electron chi connectivity index (χ4n) is 1.34. The zero-order valence-corrected chi connectivity index (χ0v) is 11.8. The van der Waals surface area contributed by atoms with Crippen LogP contribution in [0, 0.1) is 0 Å². The molecule has 0 aliphatic carbocycles. The summed E-state index contributed by atoms with van der Waals surface area (Å²) in [6.45, 7) is 1.98. The van der Waals surface area contributed by atoms with Gasteiger partial charge in [0.25, 0.3) is 0 Å². The molecule has 0 aliphatic heterocycles. The Morgan fingerprint density at radius 1 is 1.29 bits per heavy atom. The molecule has 0 saturated carbocycles. The van der Waals surface area contributed by atoms with Crippen molar-refractivity contribution in [1.29, 1.82) is 0 Å². The van der Waals surface area contributed by atoms with E-state index >= 15 is 0 Å². The van der Waals surface area contributed by atoms with Gasteiger partial charge in [-0.3, -0.25) is 8.74 Å². The van der Waals surface area contributed by atoms with Crippen LogP contribution in [0.4, 0.5) is 0 Å². The summed E-state index contributed by atoms with van der Waals surface area (Å²) < 4.78 is 24.1. The molecule has 0 spiro atoms. The number of rotatable bonds is 8. The van der Waals surface area contributed by atoms with E-state index in [1.54, 1.807) is 0 Å². The molecule has 0 fully saturated rings. The van der Waals surface area contributed by atoms with Crippen LogP contribution < -0.4 is 5.32 Å². The zero-order chi connectivity index (χ0) is 12.5. The highest BCUT2D eigenvalue weighted by atomic mass is 79.9. The van der Waals surface area contributed by atoms with E-state index in [0.29, 0.717) is 6.61 Å². The van der Waals surface area contributed by atoms with Crippen LogP contribution in [0.1, 0.15) is 12.0 Å². The second kappa shape index (κ2) is 8.77. The van der Waals surface area contributed by atoms with Gasteiger partial charge in [-0.15, -0.1) is 0 Å². The number of benzene rings is 1. The summed E-state index contributed by atoms with van der Waals surface area (Å²) in [6, 6.07) is 8.23. The monoisotopic (exact) mass is 321 g/mol. The van der Waals surface area contributed by atoms with E-state index in [1.165, 1.54) is 5.56 Å².